The maximum absolute atomic E-state index is 11.8. The smallest absolute Gasteiger partial charge is 0.225 e. The summed E-state index contributed by atoms with van der Waals surface area (Å²) in [5.41, 5.74) is 1.94. The zero-order valence-electron chi connectivity index (χ0n) is 14.4. The number of rotatable bonds is 6. The Labute approximate surface area is 166 Å². The maximum atomic E-state index is 11.8. The molecule has 9 heteroatoms. The number of anilines is 1. The van der Waals surface area contributed by atoms with Crippen LogP contribution in [0.4, 0.5) is 5.69 Å². The van der Waals surface area contributed by atoms with Crippen LogP contribution >= 0.6 is 24.0 Å². The fourth-order valence-corrected chi connectivity index (χ4v) is 3.30. The average molecular weight is 480 g/mol. The highest BCUT2D eigenvalue weighted by molar-refractivity contribution is 14.0. The van der Waals surface area contributed by atoms with Gasteiger partial charge in [0.1, 0.15) is 0 Å². The fourth-order valence-electron chi connectivity index (χ4n) is 2.59. The SMILES string of the molecule is CCS(=O)(=O)CCNC(=NC)NCC1CC(=O)Nc2ccccc21.I. The lowest BCUT2D eigenvalue weighted by Crippen LogP contribution is -2.42. The van der Waals surface area contributed by atoms with E-state index in [4.69, 9.17) is 0 Å². The number of nitrogens with zero attached hydrogens (tertiary/aromatic N) is 1. The van der Waals surface area contributed by atoms with Crippen molar-refractivity contribution in [1.82, 2.24) is 10.6 Å². The van der Waals surface area contributed by atoms with Crippen molar-refractivity contribution in [3.63, 3.8) is 0 Å². The van der Waals surface area contributed by atoms with E-state index in [-0.39, 0.29) is 47.3 Å². The number of carbonyl (C=O) groups is 1. The lowest BCUT2D eigenvalue weighted by molar-refractivity contribution is -0.116. The van der Waals surface area contributed by atoms with Gasteiger partial charge in [-0.1, -0.05) is 25.1 Å². The highest BCUT2D eigenvalue weighted by Gasteiger charge is 2.24. The first-order chi connectivity index (χ1) is 11.4. The number of sulfone groups is 1. The second kappa shape index (κ2) is 9.95. The van der Waals surface area contributed by atoms with E-state index in [0.29, 0.717) is 25.5 Å². The van der Waals surface area contributed by atoms with E-state index in [1.165, 1.54) is 0 Å². The minimum atomic E-state index is -3.00. The van der Waals surface area contributed by atoms with Gasteiger partial charge in [-0.15, -0.1) is 24.0 Å². The molecule has 0 bridgehead atoms. The number of carbonyl (C=O) groups excluding carboxylic acids is 1. The Morgan fingerprint density at radius 3 is 2.72 bits per heavy atom. The summed E-state index contributed by atoms with van der Waals surface area (Å²) >= 11 is 0. The van der Waals surface area contributed by atoms with Gasteiger partial charge >= 0.3 is 0 Å². The van der Waals surface area contributed by atoms with Crippen LogP contribution in [0.15, 0.2) is 29.3 Å². The monoisotopic (exact) mass is 480 g/mol. The van der Waals surface area contributed by atoms with Crippen molar-refractivity contribution < 1.29 is 13.2 Å². The topological polar surface area (TPSA) is 99.7 Å². The normalized spacial score (nSPS) is 17.1. The Hall–Kier alpha value is -1.36. The van der Waals surface area contributed by atoms with Crippen molar-refractivity contribution in [2.45, 2.75) is 19.3 Å². The van der Waals surface area contributed by atoms with Crippen molar-refractivity contribution in [1.29, 1.82) is 0 Å². The number of nitrogens with one attached hydrogen (secondary N) is 3. The molecule has 1 heterocycles. The molecule has 1 aromatic rings. The lowest BCUT2D eigenvalue weighted by Gasteiger charge is -2.26. The summed E-state index contributed by atoms with van der Waals surface area (Å²) in [5.74, 6) is 0.781. The quantitative estimate of drug-likeness (QED) is 0.324. The number of guanidine groups is 1. The molecular weight excluding hydrogens is 455 g/mol. The van der Waals surface area contributed by atoms with Crippen LogP contribution in [0.3, 0.4) is 0 Å². The molecule has 1 aromatic carbocycles. The van der Waals surface area contributed by atoms with Crippen LogP contribution in [-0.4, -0.2) is 51.9 Å². The number of halogens is 1. The number of amides is 1. The molecule has 0 fully saturated rings. The number of benzene rings is 1. The van der Waals surface area contributed by atoms with Crippen LogP contribution in [0.5, 0.6) is 0 Å². The third-order valence-corrected chi connectivity index (χ3v) is 5.70. The minimum Gasteiger partial charge on any atom is -0.356 e. The summed E-state index contributed by atoms with van der Waals surface area (Å²) in [6.45, 7) is 2.48. The third-order valence-electron chi connectivity index (χ3n) is 3.99. The van der Waals surface area contributed by atoms with Crippen molar-refractivity contribution in [2.75, 3.05) is 37.0 Å². The van der Waals surface area contributed by atoms with E-state index in [0.717, 1.165) is 11.3 Å². The fraction of sp³-hybridized carbons (Fsp3) is 0.500. The van der Waals surface area contributed by atoms with Gasteiger partial charge in [-0.2, -0.15) is 0 Å². The molecular formula is C16H25IN4O3S. The summed E-state index contributed by atoms with van der Waals surface area (Å²) in [7, 11) is -1.37. The molecule has 140 valence electrons. The van der Waals surface area contributed by atoms with Gasteiger partial charge in [0.2, 0.25) is 5.91 Å². The minimum absolute atomic E-state index is 0. The first-order valence-corrected chi connectivity index (χ1v) is 9.81. The van der Waals surface area contributed by atoms with Crippen LogP contribution in [0.2, 0.25) is 0 Å². The molecule has 1 atom stereocenters. The van der Waals surface area contributed by atoms with Gasteiger partial charge in [-0.05, 0) is 11.6 Å². The third kappa shape index (κ3) is 6.46. The van der Waals surface area contributed by atoms with Gasteiger partial charge in [0.15, 0.2) is 15.8 Å². The van der Waals surface area contributed by atoms with E-state index in [9.17, 15) is 13.2 Å². The van der Waals surface area contributed by atoms with Gasteiger partial charge in [0.05, 0.1) is 5.75 Å². The zero-order valence-corrected chi connectivity index (χ0v) is 17.6. The Morgan fingerprint density at radius 2 is 2.04 bits per heavy atom. The number of aliphatic imine (C=N–C) groups is 1. The average Bonchev–Trinajstić information content (AvgIpc) is 2.57. The Balaban J connectivity index is 0.00000312. The molecule has 1 aliphatic rings. The Morgan fingerprint density at radius 1 is 1.32 bits per heavy atom. The van der Waals surface area contributed by atoms with Gasteiger partial charge in [-0.25, -0.2) is 8.42 Å². The first kappa shape index (κ1) is 21.7. The van der Waals surface area contributed by atoms with E-state index < -0.39 is 9.84 Å². The summed E-state index contributed by atoms with van der Waals surface area (Å²) in [6, 6.07) is 7.74. The van der Waals surface area contributed by atoms with Crippen LogP contribution in [0.1, 0.15) is 24.8 Å². The molecule has 0 spiro atoms. The number of hydrogen-bond acceptors (Lipinski definition) is 4. The van der Waals surface area contributed by atoms with E-state index in [2.05, 4.69) is 20.9 Å². The van der Waals surface area contributed by atoms with Gasteiger partial charge < -0.3 is 16.0 Å². The summed E-state index contributed by atoms with van der Waals surface area (Å²) in [4.78, 5) is 15.9. The predicted octanol–water partition coefficient (Wildman–Crippen LogP) is 1.33. The molecule has 2 rings (SSSR count). The van der Waals surface area contributed by atoms with E-state index >= 15 is 0 Å². The molecule has 1 amide bonds. The molecule has 0 aliphatic carbocycles. The van der Waals surface area contributed by atoms with Crippen LogP contribution < -0.4 is 16.0 Å². The van der Waals surface area contributed by atoms with Crippen molar-refractivity contribution >= 4 is 51.4 Å². The van der Waals surface area contributed by atoms with Crippen LogP contribution in [0, 0.1) is 0 Å². The van der Waals surface area contributed by atoms with Crippen LogP contribution in [0.25, 0.3) is 0 Å². The molecule has 7 nitrogen and oxygen atoms in total. The molecule has 1 unspecified atom stereocenters. The second-order valence-corrected chi connectivity index (χ2v) is 8.13. The van der Waals surface area contributed by atoms with Crippen molar-refractivity contribution in [2.24, 2.45) is 4.99 Å². The first-order valence-electron chi connectivity index (χ1n) is 7.99. The highest BCUT2D eigenvalue weighted by Crippen LogP contribution is 2.31. The molecule has 1 aliphatic heterocycles. The second-order valence-electron chi connectivity index (χ2n) is 5.65. The lowest BCUT2D eigenvalue weighted by atomic mass is 9.90. The summed E-state index contributed by atoms with van der Waals surface area (Å²) in [6.07, 6.45) is 0.408. The Bertz CT molecular complexity index is 722. The molecule has 0 aromatic heterocycles. The van der Waals surface area contributed by atoms with Gasteiger partial charge in [0.25, 0.3) is 0 Å². The van der Waals surface area contributed by atoms with Crippen LogP contribution in [-0.2, 0) is 14.6 Å². The standard InChI is InChI=1S/C16H24N4O3S.HI/c1-3-24(22,23)9-8-18-16(17-2)19-11-12-10-15(21)20-14-7-5-4-6-13(12)14;/h4-7,12H,3,8-11H2,1-2H3,(H,20,21)(H2,17,18,19);1H. The summed E-state index contributed by atoms with van der Waals surface area (Å²) < 4.78 is 23.0. The Kier molecular flexibility index (Phi) is 8.63. The zero-order chi connectivity index (χ0) is 17.6. The summed E-state index contributed by atoms with van der Waals surface area (Å²) in [5, 5.41) is 9.03. The van der Waals surface area contributed by atoms with E-state index in [1.807, 2.05) is 24.3 Å². The van der Waals surface area contributed by atoms with E-state index in [1.54, 1.807) is 14.0 Å². The van der Waals surface area contributed by atoms with Gasteiger partial charge in [0, 0.05) is 43.9 Å². The molecule has 0 saturated carbocycles. The predicted molar refractivity (Wildman–Crippen MR) is 112 cm³/mol. The number of hydrogen-bond donors (Lipinski definition) is 3. The van der Waals surface area contributed by atoms with Gasteiger partial charge in [-0.3, -0.25) is 9.79 Å². The molecule has 0 saturated heterocycles. The number of para-hydroxylation sites is 1. The highest BCUT2D eigenvalue weighted by atomic mass is 127. The number of fused-ring (bicyclic) bond motifs is 1. The molecule has 25 heavy (non-hydrogen) atoms. The van der Waals surface area contributed by atoms with Crippen molar-refractivity contribution in [3.8, 4) is 0 Å². The largest absolute Gasteiger partial charge is 0.356 e. The maximum Gasteiger partial charge on any atom is 0.225 e. The van der Waals surface area contributed by atoms with Crippen molar-refractivity contribution in [3.05, 3.63) is 29.8 Å². The molecule has 3 N–H and O–H groups in total. The molecule has 0 radical (unpaired) electrons.